The van der Waals surface area contributed by atoms with Gasteiger partial charge in [0.1, 0.15) is 17.2 Å². The molecule has 104 valence electrons. The van der Waals surface area contributed by atoms with Crippen molar-refractivity contribution in [2.24, 2.45) is 0 Å². The van der Waals surface area contributed by atoms with E-state index in [1.54, 1.807) is 17.4 Å². The first-order valence-corrected chi connectivity index (χ1v) is 6.94. The van der Waals surface area contributed by atoms with Crippen LogP contribution >= 0.6 is 11.3 Å². The Labute approximate surface area is 122 Å². The summed E-state index contributed by atoms with van der Waals surface area (Å²) in [6.45, 7) is 11.9. The van der Waals surface area contributed by atoms with E-state index in [-0.39, 0.29) is 6.04 Å². The smallest absolute Gasteiger partial charge is 0.127 e. The lowest BCUT2D eigenvalue weighted by molar-refractivity contribution is 0.693. The molecule has 20 heavy (non-hydrogen) atoms. The van der Waals surface area contributed by atoms with Gasteiger partial charge in [-0.2, -0.15) is 0 Å². The molecule has 0 aliphatic rings. The summed E-state index contributed by atoms with van der Waals surface area (Å²) in [5, 5.41) is 4.25. The maximum absolute atomic E-state index is 5.63. The van der Waals surface area contributed by atoms with Crippen molar-refractivity contribution < 1.29 is 0 Å². The van der Waals surface area contributed by atoms with Gasteiger partial charge in [-0.3, -0.25) is 0 Å². The van der Waals surface area contributed by atoms with Crippen LogP contribution in [0.3, 0.4) is 0 Å². The summed E-state index contributed by atoms with van der Waals surface area (Å²) < 4.78 is 0. The van der Waals surface area contributed by atoms with Crippen LogP contribution in [0.2, 0.25) is 0 Å². The Morgan fingerprint density at radius 1 is 1.35 bits per heavy atom. The number of nitrogens with zero attached hydrogens (tertiary/aromatic N) is 3. The number of nitrogen functional groups attached to an aromatic ring is 1. The molecule has 0 saturated carbocycles. The van der Waals surface area contributed by atoms with Crippen LogP contribution in [0.15, 0.2) is 31.7 Å². The lowest BCUT2D eigenvalue weighted by Gasteiger charge is -2.14. The summed E-state index contributed by atoms with van der Waals surface area (Å²) >= 11 is 1.62. The van der Waals surface area contributed by atoms with Crippen molar-refractivity contribution in [3.8, 4) is 0 Å². The minimum atomic E-state index is 0.0387. The van der Waals surface area contributed by atoms with Crippen LogP contribution < -0.4 is 11.1 Å². The zero-order valence-electron chi connectivity index (χ0n) is 11.6. The maximum Gasteiger partial charge on any atom is 0.127 e. The number of allylic oxidation sites excluding steroid dienone is 1. The van der Waals surface area contributed by atoms with Crippen molar-refractivity contribution in [2.45, 2.75) is 19.9 Å². The number of hydrogen-bond donors (Lipinski definition) is 2. The quantitative estimate of drug-likeness (QED) is 0.884. The summed E-state index contributed by atoms with van der Waals surface area (Å²) in [6, 6.07) is 1.72. The second kappa shape index (κ2) is 5.83. The van der Waals surface area contributed by atoms with Crippen LogP contribution in [0.25, 0.3) is 11.3 Å². The highest BCUT2D eigenvalue weighted by molar-refractivity contribution is 7.12. The van der Waals surface area contributed by atoms with Gasteiger partial charge >= 0.3 is 0 Å². The molecule has 0 unspecified atom stereocenters. The van der Waals surface area contributed by atoms with E-state index < -0.39 is 0 Å². The standard InChI is InChI=1S/C14H17N5S/c1-8(2)12-6-16-14(20-12)10(4)19-9(3)11-5-13(15)18-7-17-11/h5-7,10,19H,1,3H2,2,4H3,(H2,15,17,18)/t10-/m1/s1. The molecule has 6 heteroatoms. The number of anilines is 1. The average Bonchev–Trinajstić information content (AvgIpc) is 2.88. The molecule has 0 bridgehead atoms. The van der Waals surface area contributed by atoms with Crippen LogP contribution in [0.4, 0.5) is 5.82 Å². The Morgan fingerprint density at radius 2 is 2.10 bits per heavy atom. The predicted octanol–water partition coefficient (Wildman–Crippen LogP) is 2.87. The van der Waals surface area contributed by atoms with E-state index >= 15 is 0 Å². The zero-order valence-corrected chi connectivity index (χ0v) is 12.4. The third-order valence-corrected chi connectivity index (χ3v) is 4.04. The third-order valence-electron chi connectivity index (χ3n) is 2.70. The van der Waals surface area contributed by atoms with E-state index in [9.17, 15) is 0 Å². The highest BCUT2D eigenvalue weighted by atomic mass is 32.1. The van der Waals surface area contributed by atoms with Gasteiger partial charge in [-0.1, -0.05) is 13.2 Å². The number of hydrogen-bond acceptors (Lipinski definition) is 6. The van der Waals surface area contributed by atoms with Crippen LogP contribution in [0.5, 0.6) is 0 Å². The lowest BCUT2D eigenvalue weighted by atomic mass is 10.2. The van der Waals surface area contributed by atoms with Gasteiger partial charge in [-0.05, 0) is 19.4 Å². The molecule has 0 aromatic carbocycles. The number of thiazole rings is 1. The molecule has 0 spiro atoms. The fourth-order valence-electron chi connectivity index (χ4n) is 1.62. The topological polar surface area (TPSA) is 76.7 Å². The molecular weight excluding hydrogens is 270 g/mol. The van der Waals surface area contributed by atoms with Crippen molar-refractivity contribution in [3.63, 3.8) is 0 Å². The zero-order chi connectivity index (χ0) is 14.7. The van der Waals surface area contributed by atoms with Crippen LogP contribution in [0.1, 0.15) is 35.5 Å². The van der Waals surface area contributed by atoms with Crippen LogP contribution in [0, 0.1) is 0 Å². The fraction of sp³-hybridized carbons (Fsp3) is 0.214. The first kappa shape index (κ1) is 14.2. The Morgan fingerprint density at radius 3 is 2.70 bits per heavy atom. The molecule has 0 fully saturated rings. The fourth-order valence-corrected chi connectivity index (χ4v) is 2.47. The molecule has 0 radical (unpaired) electrons. The molecule has 5 nitrogen and oxygen atoms in total. The van der Waals surface area contributed by atoms with Gasteiger partial charge in [0.05, 0.1) is 17.4 Å². The van der Waals surface area contributed by atoms with E-state index in [0.29, 0.717) is 17.2 Å². The summed E-state index contributed by atoms with van der Waals surface area (Å²) in [7, 11) is 0. The first-order chi connectivity index (χ1) is 9.47. The molecule has 2 aromatic rings. The number of rotatable bonds is 5. The average molecular weight is 287 g/mol. The highest BCUT2D eigenvalue weighted by Gasteiger charge is 2.12. The molecular formula is C14H17N5S. The van der Waals surface area contributed by atoms with Gasteiger partial charge in [0, 0.05) is 17.1 Å². The van der Waals surface area contributed by atoms with Crippen molar-refractivity contribution in [1.29, 1.82) is 0 Å². The molecule has 0 aliphatic heterocycles. The number of nitrogens with two attached hydrogens (primary N) is 1. The summed E-state index contributed by atoms with van der Waals surface area (Å²) in [4.78, 5) is 13.5. The predicted molar refractivity (Wildman–Crippen MR) is 83.9 cm³/mol. The van der Waals surface area contributed by atoms with E-state index in [4.69, 9.17) is 5.73 Å². The highest BCUT2D eigenvalue weighted by Crippen LogP contribution is 2.25. The normalized spacial score (nSPS) is 11.9. The summed E-state index contributed by atoms with van der Waals surface area (Å²) in [5.41, 5.74) is 8.03. The van der Waals surface area contributed by atoms with Crippen molar-refractivity contribution in [2.75, 3.05) is 5.73 Å². The molecule has 3 N–H and O–H groups in total. The minimum Gasteiger partial charge on any atom is -0.384 e. The Hall–Kier alpha value is -2.21. The maximum atomic E-state index is 5.63. The SMILES string of the molecule is C=C(N[C@H](C)c1ncc(C(=C)C)s1)c1cc(N)ncn1. The molecule has 2 aromatic heterocycles. The Kier molecular flexibility index (Phi) is 4.14. The molecule has 1 atom stereocenters. The second-order valence-electron chi connectivity index (χ2n) is 4.52. The van der Waals surface area contributed by atoms with Gasteiger partial charge in [-0.25, -0.2) is 15.0 Å². The van der Waals surface area contributed by atoms with Gasteiger partial charge in [-0.15, -0.1) is 11.3 Å². The monoisotopic (exact) mass is 287 g/mol. The number of aromatic nitrogens is 3. The van der Waals surface area contributed by atoms with Crippen molar-refractivity contribution in [1.82, 2.24) is 20.3 Å². The van der Waals surface area contributed by atoms with Crippen molar-refractivity contribution >= 4 is 28.4 Å². The van der Waals surface area contributed by atoms with E-state index in [1.165, 1.54) is 6.33 Å². The third kappa shape index (κ3) is 3.21. The van der Waals surface area contributed by atoms with Gasteiger partial charge in [0.2, 0.25) is 0 Å². The van der Waals surface area contributed by atoms with Crippen LogP contribution in [-0.2, 0) is 0 Å². The van der Waals surface area contributed by atoms with Crippen LogP contribution in [-0.4, -0.2) is 15.0 Å². The van der Waals surface area contributed by atoms with E-state index in [0.717, 1.165) is 15.5 Å². The Balaban J connectivity index is 2.08. The van der Waals surface area contributed by atoms with Gasteiger partial charge < -0.3 is 11.1 Å². The molecule has 2 rings (SSSR count). The molecule has 2 heterocycles. The van der Waals surface area contributed by atoms with E-state index in [1.807, 2.05) is 20.0 Å². The molecule has 0 amide bonds. The first-order valence-electron chi connectivity index (χ1n) is 6.12. The summed E-state index contributed by atoms with van der Waals surface area (Å²) in [6.07, 6.45) is 3.26. The van der Waals surface area contributed by atoms with Gasteiger partial charge in [0.25, 0.3) is 0 Å². The molecule has 0 saturated heterocycles. The summed E-state index contributed by atoms with van der Waals surface area (Å²) in [5.74, 6) is 0.421. The Bertz CT molecular complexity index is 647. The van der Waals surface area contributed by atoms with Crippen molar-refractivity contribution in [3.05, 3.63) is 47.3 Å². The van der Waals surface area contributed by atoms with Gasteiger partial charge in [0.15, 0.2) is 0 Å². The minimum absolute atomic E-state index is 0.0387. The largest absolute Gasteiger partial charge is 0.384 e. The van der Waals surface area contributed by atoms with E-state index in [2.05, 4.69) is 33.4 Å². The number of nitrogens with one attached hydrogen (secondary N) is 1. The lowest BCUT2D eigenvalue weighted by Crippen LogP contribution is -2.17. The second-order valence-corrected chi connectivity index (χ2v) is 5.58. The molecule has 0 aliphatic carbocycles.